The van der Waals surface area contributed by atoms with Gasteiger partial charge in [-0.25, -0.2) is 9.18 Å². The van der Waals surface area contributed by atoms with E-state index in [1.807, 2.05) is 6.92 Å². The molecule has 1 aromatic rings. The van der Waals surface area contributed by atoms with E-state index in [9.17, 15) is 14.0 Å². The van der Waals surface area contributed by atoms with E-state index in [1.165, 1.54) is 17.0 Å². The van der Waals surface area contributed by atoms with Crippen molar-refractivity contribution in [2.24, 2.45) is 0 Å². The molecule has 0 spiro atoms. The van der Waals surface area contributed by atoms with Crippen molar-refractivity contribution < 1.29 is 14.0 Å². The molecule has 0 aromatic heterocycles. The van der Waals surface area contributed by atoms with E-state index < -0.39 is 5.54 Å². The Morgan fingerprint density at radius 2 is 2.15 bits per heavy atom. The lowest BCUT2D eigenvalue weighted by Gasteiger charge is -2.22. The number of halogens is 1. The van der Waals surface area contributed by atoms with Crippen molar-refractivity contribution >= 4 is 11.9 Å². The molecular formula is C15H17FN2O2. The zero-order valence-electron chi connectivity index (χ0n) is 11.4. The van der Waals surface area contributed by atoms with E-state index in [1.54, 1.807) is 17.0 Å². The van der Waals surface area contributed by atoms with Crippen LogP contribution in [0, 0.1) is 5.82 Å². The minimum Gasteiger partial charge on any atom is -0.310 e. The first-order chi connectivity index (χ1) is 9.52. The summed E-state index contributed by atoms with van der Waals surface area (Å²) >= 11 is 0. The Labute approximate surface area is 117 Å². The molecule has 1 atom stereocenters. The standard InChI is InChI=1S/C15H17FN2O2/c1-15-7-3-8-18(15)14(20)17(13(15)19)9-6-11-4-2-5-12(16)10-11/h2,4-5,10H,3,6-9H2,1H3. The molecule has 0 aliphatic carbocycles. The minimum absolute atomic E-state index is 0.114. The molecule has 5 heteroatoms. The number of nitrogens with zero attached hydrogens (tertiary/aromatic N) is 2. The van der Waals surface area contributed by atoms with E-state index >= 15 is 0 Å². The Balaban J connectivity index is 1.73. The molecule has 1 unspecified atom stereocenters. The second kappa shape index (κ2) is 4.58. The van der Waals surface area contributed by atoms with Gasteiger partial charge in [-0.3, -0.25) is 9.69 Å². The Kier molecular flexibility index (Phi) is 3.00. The van der Waals surface area contributed by atoms with Gasteiger partial charge in [0.1, 0.15) is 11.4 Å². The summed E-state index contributed by atoms with van der Waals surface area (Å²) in [7, 11) is 0. The van der Waals surface area contributed by atoms with Crippen LogP contribution in [0.15, 0.2) is 24.3 Å². The summed E-state index contributed by atoms with van der Waals surface area (Å²) in [6, 6.07) is 6.06. The summed E-state index contributed by atoms with van der Waals surface area (Å²) < 4.78 is 13.1. The van der Waals surface area contributed by atoms with Gasteiger partial charge in [0.05, 0.1) is 0 Å². The van der Waals surface area contributed by atoms with Gasteiger partial charge in [0, 0.05) is 13.1 Å². The van der Waals surface area contributed by atoms with E-state index in [0.717, 1.165) is 18.4 Å². The highest BCUT2D eigenvalue weighted by Crippen LogP contribution is 2.37. The fourth-order valence-electron chi connectivity index (χ4n) is 3.15. The number of hydrogen-bond donors (Lipinski definition) is 0. The van der Waals surface area contributed by atoms with Crippen LogP contribution in [0.2, 0.25) is 0 Å². The van der Waals surface area contributed by atoms with E-state index in [-0.39, 0.29) is 17.8 Å². The number of benzene rings is 1. The van der Waals surface area contributed by atoms with Crippen LogP contribution in [0.5, 0.6) is 0 Å². The Morgan fingerprint density at radius 3 is 2.85 bits per heavy atom. The molecule has 1 aromatic carbocycles. The molecule has 0 radical (unpaired) electrons. The van der Waals surface area contributed by atoms with Crippen molar-refractivity contribution in [3.05, 3.63) is 35.6 Å². The molecule has 4 nitrogen and oxygen atoms in total. The summed E-state index contributed by atoms with van der Waals surface area (Å²) in [6.07, 6.45) is 2.10. The van der Waals surface area contributed by atoms with Gasteiger partial charge in [-0.15, -0.1) is 0 Å². The van der Waals surface area contributed by atoms with Crippen LogP contribution in [0.25, 0.3) is 0 Å². The van der Waals surface area contributed by atoms with Crippen molar-refractivity contribution in [2.75, 3.05) is 13.1 Å². The van der Waals surface area contributed by atoms with Crippen molar-refractivity contribution in [1.82, 2.24) is 9.80 Å². The summed E-state index contributed by atoms with van der Waals surface area (Å²) in [4.78, 5) is 27.6. The Morgan fingerprint density at radius 1 is 1.35 bits per heavy atom. The van der Waals surface area contributed by atoms with Gasteiger partial charge < -0.3 is 4.90 Å². The van der Waals surface area contributed by atoms with Gasteiger partial charge in [-0.1, -0.05) is 12.1 Å². The highest BCUT2D eigenvalue weighted by molar-refractivity contribution is 6.07. The van der Waals surface area contributed by atoms with Gasteiger partial charge >= 0.3 is 6.03 Å². The van der Waals surface area contributed by atoms with Crippen LogP contribution < -0.4 is 0 Å². The van der Waals surface area contributed by atoms with Crippen LogP contribution >= 0.6 is 0 Å². The number of carbonyl (C=O) groups is 2. The number of carbonyl (C=O) groups excluding carboxylic acids is 2. The molecule has 2 saturated heterocycles. The summed E-state index contributed by atoms with van der Waals surface area (Å²) in [5.74, 6) is -0.412. The SMILES string of the molecule is CC12CCCN1C(=O)N(CCc1cccc(F)c1)C2=O. The molecule has 2 fully saturated rings. The zero-order chi connectivity index (χ0) is 14.3. The Hall–Kier alpha value is -1.91. The number of fused-ring (bicyclic) bond motifs is 1. The summed E-state index contributed by atoms with van der Waals surface area (Å²) in [5.41, 5.74) is 0.141. The highest BCUT2D eigenvalue weighted by Gasteiger charge is 2.55. The molecule has 0 saturated carbocycles. The lowest BCUT2D eigenvalue weighted by atomic mass is 9.99. The average Bonchev–Trinajstić information content (AvgIpc) is 2.88. The van der Waals surface area contributed by atoms with Gasteiger partial charge in [0.25, 0.3) is 5.91 Å². The summed E-state index contributed by atoms with van der Waals surface area (Å²) in [6.45, 7) is 2.80. The van der Waals surface area contributed by atoms with Crippen molar-refractivity contribution in [3.8, 4) is 0 Å². The predicted octanol–water partition coefficient (Wildman–Crippen LogP) is 2.18. The second-order valence-corrected chi connectivity index (χ2v) is 5.65. The fraction of sp³-hybridized carbons (Fsp3) is 0.467. The number of amides is 3. The molecule has 20 heavy (non-hydrogen) atoms. The lowest BCUT2D eigenvalue weighted by molar-refractivity contribution is -0.131. The van der Waals surface area contributed by atoms with Gasteiger partial charge in [0.2, 0.25) is 0 Å². The molecule has 106 valence electrons. The third kappa shape index (κ3) is 1.88. The molecule has 0 bridgehead atoms. The first-order valence-corrected chi connectivity index (χ1v) is 6.90. The zero-order valence-corrected chi connectivity index (χ0v) is 11.4. The maximum absolute atomic E-state index is 13.1. The molecule has 2 aliphatic heterocycles. The fourth-order valence-corrected chi connectivity index (χ4v) is 3.15. The monoisotopic (exact) mass is 276 g/mol. The molecule has 3 amide bonds. The average molecular weight is 276 g/mol. The van der Waals surface area contributed by atoms with Crippen molar-refractivity contribution in [1.29, 1.82) is 0 Å². The maximum Gasteiger partial charge on any atom is 0.327 e. The second-order valence-electron chi connectivity index (χ2n) is 5.65. The van der Waals surface area contributed by atoms with Crippen LogP contribution in [0.1, 0.15) is 25.3 Å². The molecular weight excluding hydrogens is 259 g/mol. The van der Waals surface area contributed by atoms with Crippen LogP contribution in [-0.4, -0.2) is 40.4 Å². The predicted molar refractivity (Wildman–Crippen MR) is 71.6 cm³/mol. The van der Waals surface area contributed by atoms with Gasteiger partial charge in [-0.2, -0.15) is 0 Å². The Bertz CT molecular complexity index is 575. The molecule has 2 aliphatic rings. The number of hydrogen-bond acceptors (Lipinski definition) is 2. The number of imide groups is 1. The van der Waals surface area contributed by atoms with Crippen LogP contribution in [-0.2, 0) is 11.2 Å². The van der Waals surface area contributed by atoms with Crippen LogP contribution in [0.3, 0.4) is 0 Å². The van der Waals surface area contributed by atoms with E-state index in [2.05, 4.69) is 0 Å². The maximum atomic E-state index is 13.1. The van der Waals surface area contributed by atoms with Crippen molar-refractivity contribution in [2.45, 2.75) is 31.7 Å². The van der Waals surface area contributed by atoms with Gasteiger partial charge in [0.15, 0.2) is 0 Å². The molecule has 2 heterocycles. The first-order valence-electron chi connectivity index (χ1n) is 6.90. The van der Waals surface area contributed by atoms with Gasteiger partial charge in [-0.05, 0) is 43.9 Å². The topological polar surface area (TPSA) is 40.6 Å². The largest absolute Gasteiger partial charge is 0.327 e. The van der Waals surface area contributed by atoms with E-state index in [4.69, 9.17) is 0 Å². The number of urea groups is 1. The normalized spacial score (nSPS) is 25.5. The first kappa shape index (κ1) is 13.1. The quantitative estimate of drug-likeness (QED) is 0.794. The van der Waals surface area contributed by atoms with Crippen molar-refractivity contribution in [3.63, 3.8) is 0 Å². The number of rotatable bonds is 3. The third-order valence-corrected chi connectivity index (χ3v) is 4.32. The highest BCUT2D eigenvalue weighted by atomic mass is 19.1. The van der Waals surface area contributed by atoms with Crippen LogP contribution in [0.4, 0.5) is 9.18 Å². The third-order valence-electron chi connectivity index (χ3n) is 4.32. The molecule has 0 N–H and O–H groups in total. The smallest absolute Gasteiger partial charge is 0.310 e. The van der Waals surface area contributed by atoms with E-state index in [0.29, 0.717) is 19.5 Å². The lowest BCUT2D eigenvalue weighted by Crippen LogP contribution is -2.41. The molecule has 3 rings (SSSR count). The minimum atomic E-state index is -0.654. The summed E-state index contributed by atoms with van der Waals surface area (Å²) in [5, 5.41) is 0.